The van der Waals surface area contributed by atoms with Crippen molar-refractivity contribution in [3.8, 4) is 28.7 Å². The van der Waals surface area contributed by atoms with Crippen molar-refractivity contribution < 1.29 is 18.6 Å². The van der Waals surface area contributed by atoms with E-state index in [2.05, 4.69) is 15.5 Å². The molecule has 1 fully saturated rings. The minimum Gasteiger partial charge on any atom is -0.497 e. The lowest BCUT2D eigenvalue weighted by Gasteiger charge is -2.31. The average molecular weight is 407 g/mol. The molecular formula is C23H25N3O4. The molecule has 2 aromatic carbocycles. The average Bonchev–Trinajstić information content (AvgIpc) is 3.39. The highest BCUT2D eigenvalue weighted by Gasteiger charge is 2.42. The van der Waals surface area contributed by atoms with Gasteiger partial charge in [-0.3, -0.25) is 0 Å². The van der Waals surface area contributed by atoms with Crippen LogP contribution in [0.5, 0.6) is 17.2 Å². The molecule has 1 spiro atoms. The third kappa shape index (κ3) is 3.56. The molecule has 0 radical (unpaired) electrons. The van der Waals surface area contributed by atoms with Gasteiger partial charge in [-0.2, -0.15) is 0 Å². The predicted octanol–water partition coefficient (Wildman–Crippen LogP) is 5.35. The Labute approximate surface area is 175 Å². The fourth-order valence-electron chi connectivity index (χ4n) is 4.05. The topological polar surface area (TPSA) is 78.6 Å². The Kier molecular flexibility index (Phi) is 4.73. The second-order valence-corrected chi connectivity index (χ2v) is 7.88. The summed E-state index contributed by atoms with van der Waals surface area (Å²) in [6.45, 7) is 1.98. The van der Waals surface area contributed by atoms with Crippen molar-refractivity contribution in [2.24, 2.45) is 0 Å². The monoisotopic (exact) mass is 407 g/mol. The summed E-state index contributed by atoms with van der Waals surface area (Å²) in [6.07, 6.45) is 5.42. The maximum atomic E-state index is 6.22. The summed E-state index contributed by atoms with van der Waals surface area (Å²) >= 11 is 0. The first-order valence-corrected chi connectivity index (χ1v) is 10.4. The van der Waals surface area contributed by atoms with Crippen LogP contribution in [0.2, 0.25) is 0 Å². The maximum Gasteiger partial charge on any atom is 0.251 e. The molecule has 1 N–H and O–H groups in total. The smallest absolute Gasteiger partial charge is 0.251 e. The number of hydrogen-bond donors (Lipinski definition) is 1. The molecule has 156 valence electrons. The van der Waals surface area contributed by atoms with E-state index in [9.17, 15) is 0 Å². The Balaban J connectivity index is 1.28. The quantitative estimate of drug-likeness (QED) is 0.611. The standard InChI is InChI=1S/C23H25N3O4/c1-15(21-25-26-22(28-21)16-6-9-18(27-2)10-7-16)24-17-8-11-19-20(14-17)30-23(29-19)12-4-3-5-13-23/h6-11,14-15,24H,3-5,12-13H2,1-2H3/t15-/m1/s1. The Bertz CT molecular complexity index is 1030. The fourth-order valence-corrected chi connectivity index (χ4v) is 4.05. The minimum atomic E-state index is -0.468. The van der Waals surface area contributed by atoms with Crippen LogP contribution in [0.15, 0.2) is 46.9 Å². The zero-order valence-corrected chi connectivity index (χ0v) is 17.2. The molecule has 1 aliphatic heterocycles. The number of benzene rings is 2. The molecule has 1 aromatic heterocycles. The lowest BCUT2D eigenvalue weighted by atomic mass is 9.94. The van der Waals surface area contributed by atoms with Crippen molar-refractivity contribution in [3.05, 3.63) is 48.4 Å². The van der Waals surface area contributed by atoms with E-state index >= 15 is 0 Å². The van der Waals surface area contributed by atoms with E-state index in [0.717, 1.165) is 54.2 Å². The second-order valence-electron chi connectivity index (χ2n) is 7.88. The van der Waals surface area contributed by atoms with Crippen molar-refractivity contribution in [2.45, 2.75) is 50.9 Å². The number of hydrogen-bond acceptors (Lipinski definition) is 7. The van der Waals surface area contributed by atoms with Gasteiger partial charge in [-0.25, -0.2) is 0 Å². The van der Waals surface area contributed by atoms with Crippen LogP contribution in [-0.4, -0.2) is 23.1 Å². The lowest BCUT2D eigenvalue weighted by molar-refractivity contribution is -0.105. The van der Waals surface area contributed by atoms with Crippen LogP contribution in [0.25, 0.3) is 11.5 Å². The molecule has 7 nitrogen and oxygen atoms in total. The third-order valence-electron chi connectivity index (χ3n) is 5.68. The number of rotatable bonds is 5. The van der Waals surface area contributed by atoms with Crippen molar-refractivity contribution in [3.63, 3.8) is 0 Å². The summed E-state index contributed by atoms with van der Waals surface area (Å²) in [5.41, 5.74) is 1.77. The zero-order chi connectivity index (χ0) is 20.6. The van der Waals surface area contributed by atoms with E-state index in [1.54, 1.807) is 7.11 Å². The molecule has 5 rings (SSSR count). The molecule has 0 saturated heterocycles. The molecule has 1 aliphatic carbocycles. The zero-order valence-electron chi connectivity index (χ0n) is 17.2. The van der Waals surface area contributed by atoms with Gasteiger partial charge < -0.3 is 23.9 Å². The SMILES string of the molecule is COc1ccc(-c2nnc([C@@H](C)Nc3ccc4c(c3)OC3(CCCCC3)O4)o2)cc1. The van der Waals surface area contributed by atoms with Gasteiger partial charge in [0.1, 0.15) is 11.8 Å². The van der Waals surface area contributed by atoms with Gasteiger partial charge in [-0.1, -0.05) is 6.42 Å². The minimum absolute atomic E-state index is 0.159. The Hall–Kier alpha value is -3.22. The van der Waals surface area contributed by atoms with E-state index in [-0.39, 0.29) is 6.04 Å². The molecule has 0 amide bonds. The van der Waals surface area contributed by atoms with E-state index in [1.807, 2.05) is 49.4 Å². The summed E-state index contributed by atoms with van der Waals surface area (Å²) in [7, 11) is 1.64. The molecule has 7 heteroatoms. The molecular weight excluding hydrogens is 382 g/mol. The molecule has 3 aromatic rings. The highest BCUT2D eigenvalue weighted by atomic mass is 16.7. The highest BCUT2D eigenvalue weighted by Crippen LogP contribution is 2.46. The molecule has 0 bridgehead atoms. The highest BCUT2D eigenvalue weighted by molar-refractivity contribution is 5.57. The number of nitrogens with zero attached hydrogens (tertiary/aromatic N) is 2. The van der Waals surface area contributed by atoms with E-state index < -0.39 is 5.79 Å². The van der Waals surface area contributed by atoms with Crippen molar-refractivity contribution in [1.82, 2.24) is 10.2 Å². The first-order chi connectivity index (χ1) is 14.6. The van der Waals surface area contributed by atoms with Crippen molar-refractivity contribution in [1.29, 1.82) is 0 Å². The summed E-state index contributed by atoms with van der Waals surface area (Å²) in [6, 6.07) is 13.3. The summed E-state index contributed by atoms with van der Waals surface area (Å²) in [4.78, 5) is 0. The molecule has 2 aliphatic rings. The van der Waals surface area contributed by atoms with Crippen LogP contribution in [0.4, 0.5) is 5.69 Å². The van der Waals surface area contributed by atoms with Crippen LogP contribution in [0, 0.1) is 0 Å². The van der Waals surface area contributed by atoms with E-state index in [0.29, 0.717) is 11.8 Å². The van der Waals surface area contributed by atoms with Gasteiger partial charge in [0.15, 0.2) is 11.5 Å². The van der Waals surface area contributed by atoms with Crippen molar-refractivity contribution >= 4 is 5.69 Å². The van der Waals surface area contributed by atoms with E-state index in [4.69, 9.17) is 18.6 Å². The van der Waals surface area contributed by atoms with Crippen LogP contribution >= 0.6 is 0 Å². The Morgan fingerprint density at radius 3 is 2.50 bits per heavy atom. The summed E-state index contributed by atoms with van der Waals surface area (Å²) in [5, 5.41) is 11.8. The number of nitrogens with one attached hydrogen (secondary N) is 1. The Morgan fingerprint density at radius 1 is 0.967 bits per heavy atom. The first kappa shape index (κ1) is 18.8. The number of fused-ring (bicyclic) bond motifs is 1. The molecule has 0 unspecified atom stereocenters. The lowest BCUT2D eigenvalue weighted by Crippen LogP contribution is -2.40. The number of methoxy groups -OCH3 is 1. The van der Waals surface area contributed by atoms with Gasteiger partial charge in [-0.05, 0) is 56.2 Å². The number of ether oxygens (including phenoxy) is 3. The van der Waals surface area contributed by atoms with Gasteiger partial charge >= 0.3 is 0 Å². The van der Waals surface area contributed by atoms with E-state index in [1.165, 1.54) is 6.42 Å². The van der Waals surface area contributed by atoms with Gasteiger partial charge in [0.25, 0.3) is 5.79 Å². The fraction of sp³-hybridized carbons (Fsp3) is 0.391. The van der Waals surface area contributed by atoms with Crippen LogP contribution in [0.1, 0.15) is 51.0 Å². The normalized spacial score (nSPS) is 17.7. The van der Waals surface area contributed by atoms with Crippen LogP contribution in [0.3, 0.4) is 0 Å². The van der Waals surface area contributed by atoms with Gasteiger partial charge in [0.2, 0.25) is 11.8 Å². The predicted molar refractivity (Wildman–Crippen MR) is 112 cm³/mol. The molecule has 1 saturated carbocycles. The Morgan fingerprint density at radius 2 is 1.73 bits per heavy atom. The number of anilines is 1. The van der Waals surface area contributed by atoms with Crippen LogP contribution in [-0.2, 0) is 0 Å². The van der Waals surface area contributed by atoms with Crippen molar-refractivity contribution in [2.75, 3.05) is 12.4 Å². The molecule has 30 heavy (non-hydrogen) atoms. The van der Waals surface area contributed by atoms with Gasteiger partial charge in [0.05, 0.1) is 7.11 Å². The molecule has 1 atom stereocenters. The van der Waals surface area contributed by atoms with Gasteiger partial charge in [0, 0.05) is 30.2 Å². The van der Waals surface area contributed by atoms with Crippen LogP contribution < -0.4 is 19.5 Å². The first-order valence-electron chi connectivity index (χ1n) is 10.4. The summed E-state index contributed by atoms with van der Waals surface area (Å²) < 4.78 is 23.4. The third-order valence-corrected chi connectivity index (χ3v) is 5.68. The molecule has 2 heterocycles. The second kappa shape index (κ2) is 7.55. The largest absolute Gasteiger partial charge is 0.497 e. The summed E-state index contributed by atoms with van der Waals surface area (Å²) in [5.74, 6) is 2.91. The van der Waals surface area contributed by atoms with Gasteiger partial charge in [-0.15, -0.1) is 10.2 Å². The number of aromatic nitrogens is 2. The maximum absolute atomic E-state index is 6.22.